The van der Waals surface area contributed by atoms with E-state index < -0.39 is 11.7 Å². The number of aromatic nitrogens is 3. The van der Waals surface area contributed by atoms with Crippen molar-refractivity contribution >= 4 is 28.6 Å². The molecule has 2 aromatic heterocycles. The third-order valence-electron chi connectivity index (χ3n) is 5.09. The number of nitrogens with zero attached hydrogens (tertiary/aromatic N) is 3. The summed E-state index contributed by atoms with van der Waals surface area (Å²) < 4.78 is 51.6. The minimum atomic E-state index is -4.44. The van der Waals surface area contributed by atoms with Gasteiger partial charge >= 0.3 is 6.18 Å². The van der Waals surface area contributed by atoms with Crippen LogP contribution in [0.25, 0.3) is 11.0 Å². The number of rotatable bonds is 8. The summed E-state index contributed by atoms with van der Waals surface area (Å²) in [6.45, 7) is 0.742. The summed E-state index contributed by atoms with van der Waals surface area (Å²) >= 11 is 0. The van der Waals surface area contributed by atoms with Crippen LogP contribution < -0.4 is 15.4 Å². The van der Waals surface area contributed by atoms with Crippen molar-refractivity contribution in [2.24, 2.45) is 7.05 Å². The Morgan fingerprint density at radius 3 is 2.66 bits per heavy atom. The van der Waals surface area contributed by atoms with Gasteiger partial charge in [-0.25, -0.2) is 4.98 Å². The predicted molar refractivity (Wildman–Crippen MR) is 124 cm³/mol. The van der Waals surface area contributed by atoms with E-state index in [4.69, 9.17) is 9.47 Å². The molecular formula is C24H22F3N5O3. The van der Waals surface area contributed by atoms with Crippen molar-refractivity contribution in [3.05, 3.63) is 72.1 Å². The standard InChI is InChI=1S/C24H22F3N5O3/c1-32-21-7-6-17(35-18-8-9-28-20(14-18)22(33)29-10-11-34-2)13-19(21)31-23(32)30-16-5-3-4-15(12-16)24(25,26)27/h3-9,12-14H,10-11H2,1-2H3,(H,29,33)(H,30,31). The monoisotopic (exact) mass is 485 g/mol. The zero-order valence-electron chi connectivity index (χ0n) is 18.9. The number of anilines is 2. The number of benzene rings is 2. The van der Waals surface area contributed by atoms with Gasteiger partial charge in [-0.2, -0.15) is 13.2 Å². The van der Waals surface area contributed by atoms with E-state index in [-0.39, 0.29) is 17.3 Å². The molecule has 0 aliphatic carbocycles. The Labute approximate surface area is 198 Å². The van der Waals surface area contributed by atoms with Gasteiger partial charge in [0.25, 0.3) is 5.91 Å². The lowest BCUT2D eigenvalue weighted by Crippen LogP contribution is -2.27. The predicted octanol–water partition coefficient (Wildman–Crippen LogP) is 4.90. The lowest BCUT2D eigenvalue weighted by molar-refractivity contribution is -0.137. The molecule has 8 nitrogen and oxygen atoms in total. The van der Waals surface area contributed by atoms with E-state index in [1.54, 1.807) is 43.0 Å². The number of fused-ring (bicyclic) bond motifs is 1. The van der Waals surface area contributed by atoms with E-state index in [1.807, 2.05) is 0 Å². The van der Waals surface area contributed by atoms with Crippen molar-refractivity contribution in [3.63, 3.8) is 0 Å². The molecule has 2 aromatic carbocycles. The number of aryl methyl sites for hydroxylation is 1. The van der Waals surface area contributed by atoms with Gasteiger partial charge in [-0.3, -0.25) is 9.78 Å². The second-order valence-electron chi connectivity index (χ2n) is 7.58. The van der Waals surface area contributed by atoms with Crippen LogP contribution in [0.2, 0.25) is 0 Å². The molecule has 4 rings (SSSR count). The molecule has 182 valence electrons. The topological polar surface area (TPSA) is 90.3 Å². The molecular weight excluding hydrogens is 463 g/mol. The number of carbonyl (C=O) groups excluding carboxylic acids is 1. The normalized spacial score (nSPS) is 11.5. The zero-order chi connectivity index (χ0) is 25.0. The van der Waals surface area contributed by atoms with Crippen LogP contribution in [0.1, 0.15) is 16.1 Å². The van der Waals surface area contributed by atoms with Crippen molar-refractivity contribution < 1.29 is 27.4 Å². The maximum atomic E-state index is 13.0. The van der Waals surface area contributed by atoms with Gasteiger partial charge in [0.2, 0.25) is 5.95 Å². The number of hydrogen-bond donors (Lipinski definition) is 2. The number of halogens is 3. The molecule has 0 saturated carbocycles. The van der Waals surface area contributed by atoms with Gasteiger partial charge in [-0.15, -0.1) is 0 Å². The summed E-state index contributed by atoms with van der Waals surface area (Å²) in [4.78, 5) is 20.7. The SMILES string of the molecule is COCCNC(=O)c1cc(Oc2ccc3c(c2)nc(Nc2cccc(C(F)(F)F)c2)n3C)ccn1. The smallest absolute Gasteiger partial charge is 0.416 e. The van der Waals surface area contributed by atoms with E-state index in [0.717, 1.165) is 17.6 Å². The molecule has 0 bridgehead atoms. The highest BCUT2D eigenvalue weighted by Gasteiger charge is 2.30. The molecule has 0 radical (unpaired) electrons. The fourth-order valence-electron chi connectivity index (χ4n) is 3.35. The first kappa shape index (κ1) is 24.0. The fourth-order valence-corrected chi connectivity index (χ4v) is 3.35. The minimum absolute atomic E-state index is 0.199. The Bertz CT molecular complexity index is 1350. The quantitative estimate of drug-likeness (QED) is 0.345. The third kappa shape index (κ3) is 5.69. The van der Waals surface area contributed by atoms with Crippen LogP contribution in [0.4, 0.5) is 24.8 Å². The van der Waals surface area contributed by atoms with Crippen LogP contribution in [-0.4, -0.2) is 40.7 Å². The van der Waals surface area contributed by atoms with Crippen molar-refractivity contribution in [1.29, 1.82) is 0 Å². The van der Waals surface area contributed by atoms with Gasteiger partial charge in [-0.1, -0.05) is 6.07 Å². The number of carbonyl (C=O) groups is 1. The van der Waals surface area contributed by atoms with Crippen LogP contribution in [0.3, 0.4) is 0 Å². The summed E-state index contributed by atoms with van der Waals surface area (Å²) in [7, 11) is 3.30. The van der Waals surface area contributed by atoms with Gasteiger partial charge < -0.3 is 24.7 Å². The van der Waals surface area contributed by atoms with Crippen molar-refractivity contribution in [2.45, 2.75) is 6.18 Å². The van der Waals surface area contributed by atoms with Gasteiger partial charge in [-0.05, 0) is 36.4 Å². The highest BCUT2D eigenvalue weighted by molar-refractivity contribution is 5.92. The van der Waals surface area contributed by atoms with Gasteiger partial charge in [0, 0.05) is 44.7 Å². The van der Waals surface area contributed by atoms with Gasteiger partial charge in [0.05, 0.1) is 23.2 Å². The number of methoxy groups -OCH3 is 1. The zero-order valence-corrected chi connectivity index (χ0v) is 18.9. The molecule has 0 spiro atoms. The van der Waals surface area contributed by atoms with E-state index in [2.05, 4.69) is 20.6 Å². The lowest BCUT2D eigenvalue weighted by Gasteiger charge is -2.10. The van der Waals surface area contributed by atoms with Gasteiger partial charge in [0.15, 0.2) is 0 Å². The van der Waals surface area contributed by atoms with Crippen molar-refractivity contribution in [1.82, 2.24) is 19.9 Å². The summed E-state index contributed by atoms with van der Waals surface area (Å²) in [6, 6.07) is 13.3. The van der Waals surface area contributed by atoms with Crippen LogP contribution >= 0.6 is 0 Å². The third-order valence-corrected chi connectivity index (χ3v) is 5.09. The summed E-state index contributed by atoms with van der Waals surface area (Å²) in [5.74, 6) is 0.904. The Morgan fingerprint density at radius 2 is 1.89 bits per heavy atom. The Kier molecular flexibility index (Phi) is 6.87. The summed E-state index contributed by atoms with van der Waals surface area (Å²) in [5.41, 5.74) is 1.04. The first-order valence-corrected chi connectivity index (χ1v) is 10.6. The molecule has 11 heteroatoms. The van der Waals surface area contributed by atoms with Crippen molar-refractivity contribution in [2.75, 3.05) is 25.6 Å². The Morgan fingerprint density at radius 1 is 1.09 bits per heavy atom. The maximum absolute atomic E-state index is 13.0. The van der Waals surface area contributed by atoms with Crippen LogP contribution in [0, 0.1) is 0 Å². The number of hydrogen-bond acceptors (Lipinski definition) is 6. The van der Waals surface area contributed by atoms with E-state index in [1.165, 1.54) is 24.4 Å². The van der Waals surface area contributed by atoms with Gasteiger partial charge in [0.1, 0.15) is 17.2 Å². The molecule has 1 amide bonds. The second kappa shape index (κ2) is 10.0. The number of nitrogens with one attached hydrogen (secondary N) is 2. The van der Waals surface area contributed by atoms with Crippen LogP contribution in [-0.2, 0) is 18.0 Å². The first-order chi connectivity index (χ1) is 16.7. The molecule has 0 fully saturated rings. The first-order valence-electron chi connectivity index (χ1n) is 10.6. The van der Waals surface area contributed by atoms with E-state index >= 15 is 0 Å². The summed E-state index contributed by atoms with van der Waals surface area (Å²) in [6.07, 6.45) is -2.97. The second-order valence-corrected chi connectivity index (χ2v) is 7.58. The largest absolute Gasteiger partial charge is 0.457 e. The number of amides is 1. The molecule has 35 heavy (non-hydrogen) atoms. The average molecular weight is 485 g/mol. The molecule has 0 aliphatic heterocycles. The Hall–Kier alpha value is -4.12. The lowest BCUT2D eigenvalue weighted by atomic mass is 10.2. The maximum Gasteiger partial charge on any atom is 0.416 e. The molecule has 0 aliphatic rings. The molecule has 0 saturated heterocycles. The number of imidazole rings is 1. The van der Waals surface area contributed by atoms with Crippen molar-refractivity contribution in [3.8, 4) is 11.5 Å². The summed E-state index contributed by atoms with van der Waals surface area (Å²) in [5, 5.41) is 5.63. The molecule has 0 atom stereocenters. The number of pyridine rings is 1. The van der Waals surface area contributed by atoms with E-state index in [9.17, 15) is 18.0 Å². The molecule has 2 N–H and O–H groups in total. The number of alkyl halides is 3. The molecule has 4 aromatic rings. The average Bonchev–Trinajstić information content (AvgIpc) is 3.13. The van der Waals surface area contributed by atoms with Crippen LogP contribution in [0.5, 0.6) is 11.5 Å². The highest BCUT2D eigenvalue weighted by atomic mass is 19.4. The molecule has 2 heterocycles. The highest BCUT2D eigenvalue weighted by Crippen LogP contribution is 2.32. The fraction of sp³-hybridized carbons (Fsp3) is 0.208. The molecule has 0 unspecified atom stereocenters. The van der Waals surface area contributed by atoms with Crippen LogP contribution in [0.15, 0.2) is 60.8 Å². The Balaban J connectivity index is 1.52. The number of ether oxygens (including phenoxy) is 2. The minimum Gasteiger partial charge on any atom is -0.457 e. The van der Waals surface area contributed by atoms with E-state index in [0.29, 0.717) is 36.1 Å².